The molecule has 2 rings (SSSR count). The highest BCUT2D eigenvalue weighted by molar-refractivity contribution is 9.10. The highest BCUT2D eigenvalue weighted by Crippen LogP contribution is 2.31. The molecule has 2 aromatic carbocycles. The average molecular weight is 358 g/mol. The van der Waals surface area contributed by atoms with Gasteiger partial charge >= 0.3 is 0 Å². The number of halogens is 4. The number of hydrogen-bond acceptors (Lipinski definition) is 1. The molecular weight excluding hydrogens is 343 g/mol. The van der Waals surface area contributed by atoms with Gasteiger partial charge in [-0.15, -0.1) is 0 Å². The van der Waals surface area contributed by atoms with E-state index in [1.165, 1.54) is 24.3 Å². The molecule has 1 unspecified atom stereocenters. The third-order valence-electron chi connectivity index (χ3n) is 3.29. The highest BCUT2D eigenvalue weighted by Gasteiger charge is 2.24. The second kappa shape index (κ2) is 6.62. The SMILES string of the molecule is CCNC(c1ccc(Br)cc1F)c1c(F)ccc(C)c1F. The predicted molar refractivity (Wildman–Crippen MR) is 80.7 cm³/mol. The predicted octanol–water partition coefficient (Wildman–Crippen LogP) is 4.87. The van der Waals surface area contributed by atoms with Crippen molar-refractivity contribution in [2.45, 2.75) is 19.9 Å². The summed E-state index contributed by atoms with van der Waals surface area (Å²) < 4.78 is 43.1. The molecular formula is C16H15BrF3N. The Hall–Kier alpha value is -1.33. The number of nitrogens with one attached hydrogen (secondary N) is 1. The molecule has 0 aliphatic heterocycles. The number of hydrogen-bond donors (Lipinski definition) is 1. The van der Waals surface area contributed by atoms with Crippen LogP contribution in [0.2, 0.25) is 0 Å². The summed E-state index contributed by atoms with van der Waals surface area (Å²) >= 11 is 3.17. The molecule has 0 heterocycles. The minimum atomic E-state index is -0.872. The molecule has 0 saturated heterocycles. The van der Waals surface area contributed by atoms with Crippen LogP contribution in [0, 0.1) is 24.4 Å². The molecule has 1 atom stereocenters. The lowest BCUT2D eigenvalue weighted by atomic mass is 9.95. The largest absolute Gasteiger partial charge is 0.306 e. The Morgan fingerprint density at radius 2 is 1.81 bits per heavy atom. The molecule has 0 aliphatic rings. The summed E-state index contributed by atoms with van der Waals surface area (Å²) in [4.78, 5) is 0. The molecule has 0 aliphatic carbocycles. The lowest BCUT2D eigenvalue weighted by molar-refractivity contribution is 0.492. The van der Waals surface area contributed by atoms with Gasteiger partial charge in [-0.2, -0.15) is 0 Å². The zero-order chi connectivity index (χ0) is 15.6. The van der Waals surface area contributed by atoms with E-state index < -0.39 is 23.5 Å². The minimum Gasteiger partial charge on any atom is -0.306 e. The van der Waals surface area contributed by atoms with Gasteiger partial charge in [0.2, 0.25) is 0 Å². The normalized spacial score (nSPS) is 12.5. The van der Waals surface area contributed by atoms with Crippen molar-refractivity contribution in [2.75, 3.05) is 6.54 Å². The van der Waals surface area contributed by atoms with Crippen LogP contribution in [0.1, 0.15) is 29.7 Å². The molecule has 2 aromatic rings. The van der Waals surface area contributed by atoms with Crippen LogP contribution in [0.25, 0.3) is 0 Å². The molecule has 0 fully saturated rings. The molecule has 0 saturated carbocycles. The van der Waals surface area contributed by atoms with Crippen LogP contribution in [0.3, 0.4) is 0 Å². The quantitative estimate of drug-likeness (QED) is 0.822. The average Bonchev–Trinajstić information content (AvgIpc) is 2.43. The Morgan fingerprint density at radius 3 is 2.43 bits per heavy atom. The van der Waals surface area contributed by atoms with Crippen molar-refractivity contribution in [1.82, 2.24) is 5.32 Å². The summed E-state index contributed by atoms with van der Waals surface area (Å²) in [5, 5.41) is 2.95. The van der Waals surface area contributed by atoms with Crippen molar-refractivity contribution in [3.05, 3.63) is 68.9 Å². The van der Waals surface area contributed by atoms with Gasteiger partial charge in [-0.3, -0.25) is 0 Å². The number of rotatable bonds is 4. The van der Waals surface area contributed by atoms with Crippen molar-refractivity contribution < 1.29 is 13.2 Å². The molecule has 1 N–H and O–H groups in total. The van der Waals surface area contributed by atoms with Gasteiger partial charge in [0.15, 0.2) is 0 Å². The summed E-state index contributed by atoms with van der Waals surface area (Å²) in [6.07, 6.45) is 0. The van der Waals surface area contributed by atoms with Crippen LogP contribution in [-0.4, -0.2) is 6.54 Å². The zero-order valence-electron chi connectivity index (χ0n) is 11.7. The fraction of sp³-hybridized carbons (Fsp3) is 0.250. The Kier molecular flexibility index (Phi) is 5.06. The first-order valence-electron chi connectivity index (χ1n) is 6.58. The zero-order valence-corrected chi connectivity index (χ0v) is 13.3. The highest BCUT2D eigenvalue weighted by atomic mass is 79.9. The van der Waals surface area contributed by atoms with E-state index in [2.05, 4.69) is 21.2 Å². The second-order valence-corrected chi connectivity index (χ2v) is 5.66. The van der Waals surface area contributed by atoms with Crippen LogP contribution in [-0.2, 0) is 0 Å². The van der Waals surface area contributed by atoms with Crippen LogP contribution >= 0.6 is 15.9 Å². The van der Waals surface area contributed by atoms with E-state index in [1.807, 2.05) is 0 Å². The van der Waals surface area contributed by atoms with Gasteiger partial charge in [0.25, 0.3) is 0 Å². The van der Waals surface area contributed by atoms with E-state index in [4.69, 9.17) is 0 Å². The molecule has 21 heavy (non-hydrogen) atoms. The minimum absolute atomic E-state index is 0.155. The van der Waals surface area contributed by atoms with Gasteiger partial charge in [0.05, 0.1) is 6.04 Å². The number of aryl methyl sites for hydroxylation is 1. The molecule has 0 amide bonds. The van der Waals surface area contributed by atoms with Gasteiger partial charge in [-0.25, -0.2) is 13.2 Å². The van der Waals surface area contributed by atoms with E-state index in [-0.39, 0.29) is 11.1 Å². The third kappa shape index (κ3) is 3.30. The summed E-state index contributed by atoms with van der Waals surface area (Å²) in [5.41, 5.74) is 0.383. The first-order valence-corrected chi connectivity index (χ1v) is 7.37. The maximum atomic E-state index is 14.3. The van der Waals surface area contributed by atoms with E-state index in [1.54, 1.807) is 19.9 Å². The monoisotopic (exact) mass is 357 g/mol. The lowest BCUT2D eigenvalue weighted by Crippen LogP contribution is -2.25. The Labute approximate surface area is 130 Å². The molecule has 0 radical (unpaired) electrons. The standard InChI is InChI=1S/C16H15BrF3N/c1-3-21-16(11-6-5-10(17)8-13(11)19)14-12(18)7-4-9(2)15(14)20/h4-8,16,21H,3H2,1-2H3. The Balaban J connectivity index is 2.61. The summed E-state index contributed by atoms with van der Waals surface area (Å²) in [6.45, 7) is 3.81. The smallest absolute Gasteiger partial charge is 0.134 e. The van der Waals surface area contributed by atoms with Gasteiger partial charge in [-0.05, 0) is 37.2 Å². The fourth-order valence-corrected chi connectivity index (χ4v) is 2.58. The molecule has 112 valence electrons. The van der Waals surface area contributed by atoms with Gasteiger partial charge in [0, 0.05) is 15.6 Å². The van der Waals surface area contributed by atoms with E-state index in [9.17, 15) is 13.2 Å². The fourth-order valence-electron chi connectivity index (χ4n) is 2.25. The van der Waals surface area contributed by atoms with Crippen LogP contribution in [0.5, 0.6) is 0 Å². The molecule has 0 aromatic heterocycles. The Morgan fingerprint density at radius 1 is 1.10 bits per heavy atom. The van der Waals surface area contributed by atoms with Gasteiger partial charge in [0.1, 0.15) is 17.5 Å². The lowest BCUT2D eigenvalue weighted by Gasteiger charge is -2.21. The molecule has 1 nitrogen and oxygen atoms in total. The van der Waals surface area contributed by atoms with Crippen molar-refractivity contribution in [3.63, 3.8) is 0 Å². The van der Waals surface area contributed by atoms with Crippen LogP contribution in [0.4, 0.5) is 13.2 Å². The first kappa shape index (κ1) is 16.0. The van der Waals surface area contributed by atoms with Crippen LogP contribution < -0.4 is 5.32 Å². The summed E-state index contributed by atoms with van der Waals surface area (Å²) in [5.74, 6) is -1.86. The summed E-state index contributed by atoms with van der Waals surface area (Å²) in [7, 11) is 0. The van der Waals surface area contributed by atoms with E-state index in [0.717, 1.165) is 0 Å². The third-order valence-corrected chi connectivity index (χ3v) is 3.78. The topological polar surface area (TPSA) is 12.0 Å². The molecule has 5 heteroatoms. The summed E-state index contributed by atoms with van der Waals surface area (Å²) in [6, 6.07) is 6.15. The van der Waals surface area contributed by atoms with Crippen molar-refractivity contribution in [3.8, 4) is 0 Å². The van der Waals surface area contributed by atoms with Gasteiger partial charge < -0.3 is 5.32 Å². The van der Waals surface area contributed by atoms with Crippen molar-refractivity contribution in [2.24, 2.45) is 0 Å². The maximum Gasteiger partial charge on any atom is 0.134 e. The maximum absolute atomic E-state index is 14.3. The van der Waals surface area contributed by atoms with Crippen LogP contribution in [0.15, 0.2) is 34.8 Å². The van der Waals surface area contributed by atoms with Crippen molar-refractivity contribution >= 4 is 15.9 Å². The second-order valence-electron chi connectivity index (χ2n) is 4.75. The Bertz CT molecular complexity index is 658. The number of benzene rings is 2. The van der Waals surface area contributed by atoms with Crippen molar-refractivity contribution in [1.29, 1.82) is 0 Å². The molecule has 0 bridgehead atoms. The molecule has 0 spiro atoms. The first-order chi connectivity index (χ1) is 9.95. The van der Waals surface area contributed by atoms with E-state index in [0.29, 0.717) is 16.6 Å². The van der Waals surface area contributed by atoms with E-state index >= 15 is 0 Å². The van der Waals surface area contributed by atoms with Gasteiger partial charge in [-0.1, -0.05) is 35.0 Å².